The Balaban J connectivity index is 1.76. The highest BCUT2D eigenvalue weighted by molar-refractivity contribution is 6.05. The summed E-state index contributed by atoms with van der Waals surface area (Å²) in [5.41, 5.74) is 6.58. The van der Waals surface area contributed by atoms with Gasteiger partial charge in [0, 0.05) is 18.0 Å². The van der Waals surface area contributed by atoms with E-state index in [-0.39, 0.29) is 11.3 Å². The van der Waals surface area contributed by atoms with Gasteiger partial charge in [0.25, 0.3) is 17.4 Å². The topological polar surface area (TPSA) is 93.1 Å². The number of nitrogens with one attached hydrogen (secondary N) is 2. The number of carbonyl (C=O) groups excluding carboxylic acids is 2. The first-order valence-electron chi connectivity index (χ1n) is 10.3. The third kappa shape index (κ3) is 5.66. The van der Waals surface area contributed by atoms with E-state index in [1.54, 1.807) is 30.3 Å². The zero-order valence-electron chi connectivity index (χ0n) is 17.7. The Kier molecular flexibility index (Phi) is 7.32. The molecule has 2 aromatic carbocycles. The van der Waals surface area contributed by atoms with Gasteiger partial charge < -0.3 is 0 Å². The smallest absolute Gasteiger partial charge is 0.268 e. The molecule has 7 nitrogen and oxygen atoms in total. The van der Waals surface area contributed by atoms with Crippen molar-refractivity contribution in [3.05, 3.63) is 81.8 Å². The lowest BCUT2D eigenvalue weighted by molar-refractivity contribution is -0.117. The maximum Gasteiger partial charge on any atom is 0.290 e. The molecule has 0 saturated carbocycles. The van der Waals surface area contributed by atoms with E-state index in [0.29, 0.717) is 17.3 Å². The Labute approximate surface area is 180 Å². The minimum atomic E-state index is -0.585. The molecule has 0 atom stereocenters. The van der Waals surface area contributed by atoms with Crippen molar-refractivity contribution in [2.45, 2.75) is 39.7 Å². The molecule has 0 aliphatic rings. The van der Waals surface area contributed by atoms with Crippen molar-refractivity contribution >= 4 is 28.7 Å². The minimum absolute atomic E-state index is 0.0923. The Morgan fingerprint density at radius 3 is 2.55 bits per heavy atom. The summed E-state index contributed by atoms with van der Waals surface area (Å²) in [6.07, 6.45) is 5.77. The summed E-state index contributed by atoms with van der Waals surface area (Å²) in [5.74, 6) is -1.06. The quantitative estimate of drug-likeness (QED) is 0.350. The zero-order chi connectivity index (χ0) is 22.2. The molecule has 160 valence electrons. The molecule has 7 heteroatoms. The predicted octanol–water partition coefficient (Wildman–Crippen LogP) is 3.37. The molecule has 0 unspecified atom stereocenters. The zero-order valence-corrected chi connectivity index (χ0v) is 17.7. The number of hydrogen-bond donors (Lipinski definition) is 2. The van der Waals surface area contributed by atoms with Crippen LogP contribution in [0.25, 0.3) is 16.8 Å². The van der Waals surface area contributed by atoms with Crippen molar-refractivity contribution in [2.24, 2.45) is 0 Å². The summed E-state index contributed by atoms with van der Waals surface area (Å²) in [6, 6.07) is 14.5. The highest BCUT2D eigenvalue weighted by Crippen LogP contribution is 2.13. The van der Waals surface area contributed by atoms with Gasteiger partial charge in [0.15, 0.2) is 5.69 Å². The van der Waals surface area contributed by atoms with Crippen LogP contribution in [0.2, 0.25) is 0 Å². The molecule has 0 spiro atoms. The van der Waals surface area contributed by atoms with Crippen LogP contribution < -0.4 is 16.4 Å². The summed E-state index contributed by atoms with van der Waals surface area (Å²) in [7, 11) is 0. The molecule has 2 N–H and O–H groups in total. The molecule has 0 fully saturated rings. The molecule has 31 heavy (non-hydrogen) atoms. The van der Waals surface area contributed by atoms with E-state index >= 15 is 0 Å². The summed E-state index contributed by atoms with van der Waals surface area (Å²) in [4.78, 5) is 37.6. The highest BCUT2D eigenvalue weighted by Gasteiger charge is 2.16. The van der Waals surface area contributed by atoms with Crippen molar-refractivity contribution in [1.29, 1.82) is 0 Å². The summed E-state index contributed by atoms with van der Waals surface area (Å²) in [5, 5.41) is 5.14. The number of rotatable bonds is 7. The van der Waals surface area contributed by atoms with Gasteiger partial charge >= 0.3 is 0 Å². The van der Waals surface area contributed by atoms with Crippen LogP contribution in [0.4, 0.5) is 0 Å². The number of aryl methyl sites for hydroxylation is 2. The van der Waals surface area contributed by atoms with E-state index in [4.69, 9.17) is 0 Å². The van der Waals surface area contributed by atoms with Crippen LogP contribution >= 0.6 is 0 Å². The van der Waals surface area contributed by atoms with Crippen LogP contribution in [0.3, 0.4) is 0 Å². The van der Waals surface area contributed by atoms with Gasteiger partial charge in [-0.3, -0.25) is 25.2 Å². The fourth-order valence-corrected chi connectivity index (χ4v) is 3.23. The van der Waals surface area contributed by atoms with Crippen molar-refractivity contribution in [2.75, 3.05) is 0 Å². The van der Waals surface area contributed by atoms with E-state index in [0.717, 1.165) is 30.4 Å². The SMILES string of the molecule is CCCCCn1nc(C(=O)NNC(=O)/C=C/c2cccc(C)c2)c2ccccc2c1=O. The van der Waals surface area contributed by atoms with Gasteiger partial charge in [-0.1, -0.05) is 67.8 Å². The predicted molar refractivity (Wildman–Crippen MR) is 121 cm³/mol. The monoisotopic (exact) mass is 418 g/mol. The van der Waals surface area contributed by atoms with E-state index in [1.165, 1.54) is 10.8 Å². The van der Waals surface area contributed by atoms with Crippen LogP contribution in [-0.4, -0.2) is 21.6 Å². The number of amides is 2. The van der Waals surface area contributed by atoms with Crippen LogP contribution in [0, 0.1) is 6.92 Å². The summed E-state index contributed by atoms with van der Waals surface area (Å²) >= 11 is 0. The van der Waals surface area contributed by atoms with Gasteiger partial charge in [0.2, 0.25) is 0 Å². The van der Waals surface area contributed by atoms with E-state index < -0.39 is 11.8 Å². The second-order valence-electron chi connectivity index (χ2n) is 7.32. The highest BCUT2D eigenvalue weighted by atomic mass is 16.2. The molecular formula is C24H26N4O3. The van der Waals surface area contributed by atoms with E-state index in [2.05, 4.69) is 22.9 Å². The molecule has 3 aromatic rings. The summed E-state index contributed by atoms with van der Waals surface area (Å²) in [6.45, 7) is 4.48. The average molecular weight is 418 g/mol. The van der Waals surface area contributed by atoms with Crippen LogP contribution in [-0.2, 0) is 11.3 Å². The van der Waals surface area contributed by atoms with Gasteiger partial charge in [0.1, 0.15) is 0 Å². The molecule has 1 heterocycles. The standard InChI is InChI=1S/C24H26N4O3/c1-3-4-7-15-28-24(31)20-12-6-5-11-19(20)22(27-28)23(30)26-25-21(29)14-13-18-10-8-9-17(2)16-18/h5-6,8-14,16H,3-4,7,15H2,1-2H3,(H,25,29)(H,26,30)/b14-13+. The number of hydrazine groups is 1. The number of aromatic nitrogens is 2. The molecule has 0 aliphatic carbocycles. The van der Waals surface area contributed by atoms with Crippen LogP contribution in [0.5, 0.6) is 0 Å². The number of unbranched alkanes of at least 4 members (excludes halogenated alkanes) is 2. The number of carbonyl (C=O) groups is 2. The average Bonchev–Trinajstić information content (AvgIpc) is 2.78. The van der Waals surface area contributed by atoms with Crippen molar-refractivity contribution in [3.63, 3.8) is 0 Å². The van der Waals surface area contributed by atoms with Gasteiger partial charge in [-0.15, -0.1) is 0 Å². The number of benzene rings is 2. The van der Waals surface area contributed by atoms with Crippen molar-refractivity contribution in [3.8, 4) is 0 Å². The lowest BCUT2D eigenvalue weighted by atomic mass is 10.1. The number of nitrogens with zero attached hydrogens (tertiary/aromatic N) is 2. The maximum atomic E-state index is 12.7. The molecular weight excluding hydrogens is 392 g/mol. The van der Waals surface area contributed by atoms with Gasteiger partial charge in [-0.05, 0) is 31.1 Å². The van der Waals surface area contributed by atoms with Crippen LogP contribution in [0.15, 0.2) is 59.4 Å². The molecule has 1 aromatic heterocycles. The number of fused-ring (bicyclic) bond motifs is 1. The maximum absolute atomic E-state index is 12.7. The lowest BCUT2D eigenvalue weighted by Gasteiger charge is -2.11. The molecule has 2 amide bonds. The number of hydrogen-bond acceptors (Lipinski definition) is 4. The van der Waals surface area contributed by atoms with E-state index in [9.17, 15) is 14.4 Å². The Morgan fingerprint density at radius 2 is 1.81 bits per heavy atom. The Hall–Kier alpha value is -3.74. The van der Waals surface area contributed by atoms with Gasteiger partial charge in [0.05, 0.1) is 5.39 Å². The fraction of sp³-hybridized carbons (Fsp3) is 0.250. The first kappa shape index (κ1) is 22.0. The van der Waals surface area contributed by atoms with E-state index in [1.807, 2.05) is 31.2 Å². The Bertz CT molecular complexity index is 1180. The summed E-state index contributed by atoms with van der Waals surface area (Å²) < 4.78 is 1.33. The first-order chi connectivity index (χ1) is 15.0. The lowest BCUT2D eigenvalue weighted by Crippen LogP contribution is -2.42. The van der Waals surface area contributed by atoms with Crippen molar-refractivity contribution < 1.29 is 9.59 Å². The molecule has 0 saturated heterocycles. The van der Waals surface area contributed by atoms with Crippen LogP contribution in [0.1, 0.15) is 47.8 Å². The molecule has 0 bridgehead atoms. The molecule has 3 rings (SSSR count). The molecule has 0 aliphatic heterocycles. The first-order valence-corrected chi connectivity index (χ1v) is 10.3. The van der Waals surface area contributed by atoms with Gasteiger partial charge in [-0.2, -0.15) is 5.10 Å². The Morgan fingerprint density at radius 1 is 1.03 bits per heavy atom. The largest absolute Gasteiger partial charge is 0.290 e. The fourth-order valence-electron chi connectivity index (χ4n) is 3.23. The third-order valence-corrected chi connectivity index (χ3v) is 4.82. The second-order valence-corrected chi connectivity index (χ2v) is 7.32. The normalized spacial score (nSPS) is 11.0. The second kappa shape index (κ2) is 10.3. The van der Waals surface area contributed by atoms with Gasteiger partial charge in [-0.25, -0.2) is 4.68 Å². The molecule has 0 radical (unpaired) electrons. The third-order valence-electron chi connectivity index (χ3n) is 4.82. The minimum Gasteiger partial charge on any atom is -0.268 e. The van der Waals surface area contributed by atoms with Crippen molar-refractivity contribution in [1.82, 2.24) is 20.6 Å².